The molecule has 0 bridgehead atoms. The Morgan fingerprint density at radius 2 is 2.00 bits per heavy atom. The summed E-state index contributed by atoms with van der Waals surface area (Å²) < 4.78 is 0. The van der Waals surface area contributed by atoms with Crippen molar-refractivity contribution >= 4 is 39.2 Å². The van der Waals surface area contributed by atoms with Gasteiger partial charge in [0.25, 0.3) is 0 Å². The van der Waals surface area contributed by atoms with E-state index >= 15 is 0 Å². The lowest BCUT2D eigenvalue weighted by Crippen LogP contribution is -1.82. The van der Waals surface area contributed by atoms with Gasteiger partial charge in [0.1, 0.15) is 5.82 Å². The van der Waals surface area contributed by atoms with Crippen molar-refractivity contribution in [2.45, 2.75) is 0 Å². The fourth-order valence-corrected chi connectivity index (χ4v) is 1.98. The van der Waals surface area contributed by atoms with E-state index < -0.39 is 0 Å². The maximum absolute atomic E-state index is 6.04. The molecule has 0 fully saturated rings. The lowest BCUT2D eigenvalue weighted by Gasteiger charge is -1.92. The molecule has 0 unspecified atom stereocenters. The molecule has 0 aliphatic heterocycles. The summed E-state index contributed by atoms with van der Waals surface area (Å²) in [5, 5.41) is 2.70. The molecule has 0 saturated carbocycles. The van der Waals surface area contributed by atoms with Crippen LogP contribution in [0.5, 0.6) is 0 Å². The summed E-state index contributed by atoms with van der Waals surface area (Å²) in [4.78, 5) is 6.23. The van der Waals surface area contributed by atoms with E-state index in [1.165, 1.54) is 0 Å². The van der Waals surface area contributed by atoms with Crippen molar-refractivity contribution in [3.63, 3.8) is 0 Å². The summed E-state index contributed by atoms with van der Waals surface area (Å²) in [5.41, 5.74) is 7.72. The summed E-state index contributed by atoms with van der Waals surface area (Å²) in [7, 11) is 0. The summed E-state index contributed by atoms with van der Waals surface area (Å²) in [6.07, 6.45) is 1.90. The van der Waals surface area contributed by atoms with Crippen LogP contribution in [-0.4, -0.2) is 9.97 Å². The molecule has 0 aliphatic carbocycles. The zero-order valence-corrected chi connectivity index (χ0v) is 8.02. The van der Waals surface area contributed by atoms with Crippen molar-refractivity contribution in [1.29, 1.82) is 0 Å². The highest BCUT2D eigenvalue weighted by molar-refractivity contribution is 6.39. The van der Waals surface area contributed by atoms with Gasteiger partial charge in [0.15, 0.2) is 0 Å². The monoisotopic (exact) mass is 205 g/mol. The number of rotatable bonds is 0. The van der Waals surface area contributed by atoms with E-state index in [1.807, 2.05) is 24.4 Å². The van der Waals surface area contributed by atoms with Gasteiger partial charge in [0, 0.05) is 17.0 Å². The van der Waals surface area contributed by atoms with Gasteiger partial charge in [0.05, 0.1) is 16.1 Å². The summed E-state index contributed by atoms with van der Waals surface area (Å²) in [5.74, 6) is 0.517. The molecule has 3 aromatic rings. The number of nitrogens with two attached hydrogens (primary N) is 1. The molecule has 0 saturated heterocycles. The Labute approximate surface area is 84.9 Å². The van der Waals surface area contributed by atoms with Crippen LogP contribution in [0.3, 0.4) is 0 Å². The molecule has 4 heteroatoms. The number of halogens is 1. The lowest BCUT2D eigenvalue weighted by molar-refractivity contribution is 1.44. The maximum atomic E-state index is 6.04. The standard InChI is InChI=1S/C10H8ClN3/c11-7-6-2-1-5-3-4-13-8(5)9(6)14-10(7)12/h1-4,13-14H,12H2. The van der Waals surface area contributed by atoms with Gasteiger partial charge in [-0.15, -0.1) is 0 Å². The van der Waals surface area contributed by atoms with Crippen LogP contribution in [0.25, 0.3) is 21.8 Å². The predicted octanol–water partition coefficient (Wildman–Crippen LogP) is 2.88. The minimum Gasteiger partial charge on any atom is -0.384 e. The van der Waals surface area contributed by atoms with Crippen molar-refractivity contribution in [2.24, 2.45) is 0 Å². The number of nitrogen functional groups attached to an aromatic ring is 1. The predicted molar refractivity (Wildman–Crippen MR) is 59.6 cm³/mol. The van der Waals surface area contributed by atoms with E-state index in [0.717, 1.165) is 21.8 Å². The number of H-pyrrole nitrogens is 2. The molecular formula is C10H8ClN3. The molecule has 0 aliphatic rings. The third kappa shape index (κ3) is 0.822. The van der Waals surface area contributed by atoms with E-state index in [2.05, 4.69) is 9.97 Å². The maximum Gasteiger partial charge on any atom is 0.120 e. The van der Waals surface area contributed by atoms with Crippen molar-refractivity contribution in [3.05, 3.63) is 29.4 Å². The van der Waals surface area contributed by atoms with Crippen molar-refractivity contribution in [2.75, 3.05) is 5.73 Å². The highest BCUT2D eigenvalue weighted by Gasteiger charge is 2.09. The van der Waals surface area contributed by atoms with Gasteiger partial charge in [-0.2, -0.15) is 0 Å². The molecule has 2 heterocycles. The van der Waals surface area contributed by atoms with Gasteiger partial charge in [0.2, 0.25) is 0 Å². The number of anilines is 1. The molecule has 0 radical (unpaired) electrons. The normalized spacial score (nSPS) is 11.5. The number of hydrogen-bond acceptors (Lipinski definition) is 1. The number of hydrogen-bond donors (Lipinski definition) is 3. The van der Waals surface area contributed by atoms with Crippen LogP contribution in [0.2, 0.25) is 5.02 Å². The molecular weight excluding hydrogens is 198 g/mol. The summed E-state index contributed by atoms with van der Waals surface area (Å²) in [6.45, 7) is 0. The van der Waals surface area contributed by atoms with Crippen LogP contribution in [0.1, 0.15) is 0 Å². The minimum absolute atomic E-state index is 0.517. The van der Waals surface area contributed by atoms with Gasteiger partial charge < -0.3 is 15.7 Å². The SMILES string of the molecule is Nc1[nH]c2c(ccc3cc[nH]c32)c1Cl. The van der Waals surface area contributed by atoms with E-state index in [4.69, 9.17) is 17.3 Å². The first-order valence-corrected chi connectivity index (χ1v) is 4.68. The second-order valence-electron chi connectivity index (χ2n) is 3.28. The number of nitrogens with one attached hydrogen (secondary N) is 2. The highest BCUT2D eigenvalue weighted by Crippen LogP contribution is 2.32. The third-order valence-corrected chi connectivity index (χ3v) is 2.87. The molecule has 3 rings (SSSR count). The highest BCUT2D eigenvalue weighted by atomic mass is 35.5. The van der Waals surface area contributed by atoms with Crippen LogP contribution < -0.4 is 5.73 Å². The van der Waals surface area contributed by atoms with Gasteiger partial charge in [-0.05, 0) is 6.07 Å². The number of fused-ring (bicyclic) bond motifs is 3. The topological polar surface area (TPSA) is 57.6 Å². The van der Waals surface area contributed by atoms with Gasteiger partial charge in [-0.25, -0.2) is 0 Å². The van der Waals surface area contributed by atoms with Gasteiger partial charge >= 0.3 is 0 Å². The molecule has 1 aromatic carbocycles. The Kier molecular flexibility index (Phi) is 1.36. The first kappa shape index (κ1) is 7.76. The largest absolute Gasteiger partial charge is 0.384 e. The zero-order valence-electron chi connectivity index (χ0n) is 7.26. The minimum atomic E-state index is 0.517. The lowest BCUT2D eigenvalue weighted by atomic mass is 10.2. The Morgan fingerprint density at radius 1 is 1.14 bits per heavy atom. The van der Waals surface area contributed by atoms with E-state index in [1.54, 1.807) is 0 Å². The van der Waals surface area contributed by atoms with E-state index in [9.17, 15) is 0 Å². The van der Waals surface area contributed by atoms with Crippen LogP contribution in [0.4, 0.5) is 5.82 Å². The smallest absolute Gasteiger partial charge is 0.120 e. The molecule has 3 nitrogen and oxygen atoms in total. The van der Waals surface area contributed by atoms with E-state index in [-0.39, 0.29) is 0 Å². The van der Waals surface area contributed by atoms with Gasteiger partial charge in [-0.3, -0.25) is 0 Å². The Hall–Kier alpha value is -1.61. The fraction of sp³-hybridized carbons (Fsp3) is 0. The second-order valence-corrected chi connectivity index (χ2v) is 3.66. The molecule has 2 aromatic heterocycles. The first-order valence-electron chi connectivity index (χ1n) is 4.30. The number of aromatic nitrogens is 2. The summed E-state index contributed by atoms with van der Waals surface area (Å²) in [6, 6.07) is 6.01. The van der Waals surface area contributed by atoms with Crippen LogP contribution >= 0.6 is 11.6 Å². The molecule has 4 N–H and O–H groups in total. The quantitative estimate of drug-likeness (QED) is 0.519. The average Bonchev–Trinajstić information content (AvgIpc) is 2.73. The Morgan fingerprint density at radius 3 is 2.86 bits per heavy atom. The van der Waals surface area contributed by atoms with Crippen molar-refractivity contribution < 1.29 is 0 Å². The second kappa shape index (κ2) is 2.45. The Balaban J connectivity index is 2.63. The fourth-order valence-electron chi connectivity index (χ4n) is 1.78. The van der Waals surface area contributed by atoms with Gasteiger partial charge in [-0.1, -0.05) is 23.7 Å². The zero-order chi connectivity index (χ0) is 9.71. The summed E-state index contributed by atoms with van der Waals surface area (Å²) >= 11 is 6.04. The van der Waals surface area contributed by atoms with Crippen molar-refractivity contribution in [3.8, 4) is 0 Å². The molecule has 70 valence electrons. The van der Waals surface area contributed by atoms with E-state index in [0.29, 0.717) is 10.8 Å². The average molecular weight is 206 g/mol. The number of benzene rings is 1. The van der Waals surface area contributed by atoms with Crippen molar-refractivity contribution in [1.82, 2.24) is 9.97 Å². The molecule has 14 heavy (non-hydrogen) atoms. The Bertz CT molecular complexity index is 621. The van der Waals surface area contributed by atoms with Crippen LogP contribution in [0, 0.1) is 0 Å². The molecule has 0 amide bonds. The molecule has 0 spiro atoms. The molecule has 0 atom stereocenters. The van der Waals surface area contributed by atoms with Crippen LogP contribution in [0.15, 0.2) is 24.4 Å². The first-order chi connectivity index (χ1) is 6.77. The third-order valence-electron chi connectivity index (χ3n) is 2.46. The van der Waals surface area contributed by atoms with Crippen LogP contribution in [-0.2, 0) is 0 Å². The number of aromatic amines is 2.